The molecule has 0 bridgehead atoms. The second-order valence-corrected chi connectivity index (χ2v) is 7.24. The molecule has 0 aliphatic rings. The van der Waals surface area contributed by atoms with Crippen LogP contribution in [0, 0.1) is 18.6 Å². The van der Waals surface area contributed by atoms with Crippen molar-refractivity contribution in [2.24, 2.45) is 0 Å². The van der Waals surface area contributed by atoms with Gasteiger partial charge < -0.3 is 0 Å². The number of hydrogen-bond acceptors (Lipinski definition) is 0. The Bertz CT molecular complexity index is 900. The fourth-order valence-electron chi connectivity index (χ4n) is 3.39. The molecule has 3 heteroatoms. The largest absolute Gasteiger partial charge is 0.296 e. The van der Waals surface area contributed by atoms with Gasteiger partial charge in [-0.3, -0.25) is 4.48 Å². The SMILES string of the molecule is Cc1cc(CCC[N+](C)(C)c2ccc(F)c(F)c2)cc2ccccc12. The molecule has 3 aromatic rings. The fourth-order valence-corrected chi connectivity index (χ4v) is 3.39. The standard InChI is InChI=1S/C22H24F2N/c1-16-13-17(14-18-8-4-5-9-20(16)18)7-6-12-25(2,3)19-10-11-21(23)22(24)15-19/h4-5,8-11,13-15H,6-7,12H2,1-3H3/q+1. The highest BCUT2D eigenvalue weighted by Crippen LogP contribution is 2.24. The minimum atomic E-state index is -0.796. The first-order chi connectivity index (χ1) is 11.9. The van der Waals surface area contributed by atoms with Crippen LogP contribution in [-0.4, -0.2) is 20.6 Å². The molecule has 130 valence electrons. The maximum atomic E-state index is 13.5. The molecule has 0 heterocycles. The van der Waals surface area contributed by atoms with E-state index in [0.29, 0.717) is 4.48 Å². The van der Waals surface area contributed by atoms with Gasteiger partial charge in [0.05, 0.1) is 20.6 Å². The number of nitrogens with zero attached hydrogens (tertiary/aromatic N) is 1. The zero-order valence-corrected chi connectivity index (χ0v) is 15.0. The summed E-state index contributed by atoms with van der Waals surface area (Å²) in [7, 11) is 4.05. The third-order valence-electron chi connectivity index (χ3n) is 4.91. The average molecular weight is 340 g/mol. The normalized spacial score (nSPS) is 11.9. The molecule has 0 atom stereocenters. The summed E-state index contributed by atoms with van der Waals surface area (Å²) in [4.78, 5) is 0. The maximum Gasteiger partial charge on any atom is 0.164 e. The van der Waals surface area contributed by atoms with Crippen molar-refractivity contribution in [2.45, 2.75) is 19.8 Å². The summed E-state index contributed by atoms with van der Waals surface area (Å²) in [5.74, 6) is -1.58. The number of fused-ring (bicyclic) bond motifs is 1. The van der Waals surface area contributed by atoms with Crippen LogP contribution in [0.25, 0.3) is 10.8 Å². The fraction of sp³-hybridized carbons (Fsp3) is 0.273. The number of rotatable bonds is 5. The monoisotopic (exact) mass is 340 g/mol. The van der Waals surface area contributed by atoms with E-state index < -0.39 is 11.6 Å². The summed E-state index contributed by atoms with van der Waals surface area (Å²) >= 11 is 0. The summed E-state index contributed by atoms with van der Waals surface area (Å²) in [6.45, 7) is 3.00. The average Bonchev–Trinajstić information content (AvgIpc) is 2.57. The number of benzene rings is 3. The van der Waals surface area contributed by atoms with Gasteiger partial charge >= 0.3 is 0 Å². The van der Waals surface area contributed by atoms with Crippen LogP contribution in [-0.2, 0) is 6.42 Å². The molecule has 0 unspecified atom stereocenters. The number of halogens is 2. The van der Waals surface area contributed by atoms with Gasteiger partial charge in [0.1, 0.15) is 5.69 Å². The summed E-state index contributed by atoms with van der Waals surface area (Å²) in [6, 6.07) is 17.1. The van der Waals surface area contributed by atoms with E-state index in [-0.39, 0.29) is 0 Å². The van der Waals surface area contributed by atoms with E-state index in [1.807, 2.05) is 14.1 Å². The Morgan fingerprint density at radius 2 is 1.64 bits per heavy atom. The van der Waals surface area contributed by atoms with Gasteiger partial charge in [0, 0.05) is 18.6 Å². The molecule has 0 saturated carbocycles. The second kappa shape index (κ2) is 6.93. The second-order valence-electron chi connectivity index (χ2n) is 7.24. The lowest BCUT2D eigenvalue weighted by atomic mass is 9.99. The Morgan fingerprint density at radius 3 is 2.40 bits per heavy atom. The van der Waals surface area contributed by atoms with E-state index in [2.05, 4.69) is 43.3 Å². The molecule has 0 aromatic heterocycles. The molecule has 0 aliphatic carbocycles. The van der Waals surface area contributed by atoms with Crippen molar-refractivity contribution < 1.29 is 8.78 Å². The molecule has 0 fully saturated rings. The summed E-state index contributed by atoms with van der Waals surface area (Å²) in [6.07, 6.45) is 1.95. The Hall–Kier alpha value is -2.26. The third-order valence-corrected chi connectivity index (χ3v) is 4.91. The molecule has 1 nitrogen and oxygen atoms in total. The molecule has 0 aliphatic heterocycles. The Morgan fingerprint density at radius 1 is 0.880 bits per heavy atom. The van der Waals surface area contributed by atoms with Crippen LogP contribution in [0.1, 0.15) is 17.5 Å². The molecular formula is C22H24F2N+. The van der Waals surface area contributed by atoms with Crippen LogP contribution in [0.4, 0.5) is 14.5 Å². The van der Waals surface area contributed by atoms with Crippen molar-refractivity contribution in [3.05, 3.63) is 77.4 Å². The van der Waals surface area contributed by atoms with Gasteiger partial charge in [-0.15, -0.1) is 0 Å². The van der Waals surface area contributed by atoms with Crippen molar-refractivity contribution >= 4 is 16.5 Å². The van der Waals surface area contributed by atoms with E-state index >= 15 is 0 Å². The highest BCUT2D eigenvalue weighted by atomic mass is 19.2. The molecule has 0 saturated heterocycles. The van der Waals surface area contributed by atoms with Gasteiger partial charge in [-0.25, -0.2) is 8.78 Å². The molecule has 0 N–H and O–H groups in total. The maximum absolute atomic E-state index is 13.5. The number of aryl methyl sites for hydroxylation is 2. The van der Waals surface area contributed by atoms with E-state index in [9.17, 15) is 8.78 Å². The van der Waals surface area contributed by atoms with Gasteiger partial charge in [0.15, 0.2) is 11.6 Å². The first kappa shape index (κ1) is 17.6. The zero-order chi connectivity index (χ0) is 18.0. The lowest BCUT2D eigenvalue weighted by Crippen LogP contribution is -2.41. The topological polar surface area (TPSA) is 0 Å². The van der Waals surface area contributed by atoms with Crippen molar-refractivity contribution in [1.82, 2.24) is 4.48 Å². The van der Waals surface area contributed by atoms with Crippen molar-refractivity contribution in [1.29, 1.82) is 0 Å². The van der Waals surface area contributed by atoms with E-state index in [0.717, 1.165) is 25.1 Å². The Balaban J connectivity index is 1.70. The van der Waals surface area contributed by atoms with Crippen molar-refractivity contribution in [3.63, 3.8) is 0 Å². The Labute approximate surface area is 148 Å². The summed E-state index contributed by atoms with van der Waals surface area (Å²) in [5.41, 5.74) is 3.40. The van der Waals surface area contributed by atoms with Crippen LogP contribution in [0.3, 0.4) is 0 Å². The van der Waals surface area contributed by atoms with Crippen molar-refractivity contribution in [3.8, 4) is 0 Å². The quantitative estimate of drug-likeness (QED) is 0.528. The lowest BCUT2D eigenvalue weighted by Gasteiger charge is -2.29. The molecule has 0 radical (unpaired) electrons. The molecule has 0 amide bonds. The first-order valence-corrected chi connectivity index (χ1v) is 8.64. The first-order valence-electron chi connectivity index (χ1n) is 8.64. The van der Waals surface area contributed by atoms with Gasteiger partial charge in [0.25, 0.3) is 0 Å². The van der Waals surface area contributed by atoms with Gasteiger partial charge in [-0.05, 0) is 41.3 Å². The predicted molar refractivity (Wildman–Crippen MR) is 102 cm³/mol. The summed E-state index contributed by atoms with van der Waals surface area (Å²) < 4.78 is 27.2. The van der Waals surface area contributed by atoms with Crippen LogP contribution in [0.2, 0.25) is 0 Å². The van der Waals surface area contributed by atoms with Gasteiger partial charge in [-0.2, -0.15) is 0 Å². The number of quaternary nitrogens is 1. The van der Waals surface area contributed by atoms with Crippen LogP contribution in [0.15, 0.2) is 54.6 Å². The summed E-state index contributed by atoms with van der Waals surface area (Å²) in [5, 5.41) is 2.57. The predicted octanol–water partition coefficient (Wildman–Crippen LogP) is 5.63. The minimum Gasteiger partial charge on any atom is -0.296 e. The minimum absolute atomic E-state index is 0.532. The van der Waals surface area contributed by atoms with E-state index in [4.69, 9.17) is 0 Å². The smallest absolute Gasteiger partial charge is 0.164 e. The molecule has 3 rings (SSSR count). The van der Waals surface area contributed by atoms with E-state index in [1.165, 1.54) is 34.0 Å². The highest BCUT2D eigenvalue weighted by Gasteiger charge is 2.20. The van der Waals surface area contributed by atoms with Gasteiger partial charge in [-0.1, -0.05) is 36.4 Å². The van der Waals surface area contributed by atoms with Crippen LogP contribution >= 0.6 is 0 Å². The number of hydrogen-bond donors (Lipinski definition) is 0. The zero-order valence-electron chi connectivity index (χ0n) is 15.0. The third kappa shape index (κ3) is 3.88. The van der Waals surface area contributed by atoms with Crippen molar-refractivity contribution in [2.75, 3.05) is 20.6 Å². The molecule has 3 aromatic carbocycles. The lowest BCUT2D eigenvalue weighted by molar-refractivity contribution is 0.387. The molecular weight excluding hydrogens is 316 g/mol. The van der Waals surface area contributed by atoms with E-state index in [1.54, 1.807) is 6.07 Å². The molecule has 0 spiro atoms. The van der Waals surface area contributed by atoms with Gasteiger partial charge in [0.2, 0.25) is 0 Å². The van der Waals surface area contributed by atoms with Crippen LogP contribution in [0.5, 0.6) is 0 Å². The highest BCUT2D eigenvalue weighted by molar-refractivity contribution is 5.86. The van der Waals surface area contributed by atoms with Crippen LogP contribution < -0.4 is 4.48 Å². The molecule has 25 heavy (non-hydrogen) atoms. The Kier molecular flexibility index (Phi) is 4.87.